The van der Waals surface area contributed by atoms with E-state index < -0.39 is 5.96 Å². The molecular formula is C28H60ClP. The summed E-state index contributed by atoms with van der Waals surface area (Å²) in [7, 11) is 0. The van der Waals surface area contributed by atoms with Crippen LogP contribution in [0.5, 0.6) is 0 Å². The third-order valence-corrected chi connectivity index (χ3v) is 15.0. The van der Waals surface area contributed by atoms with Gasteiger partial charge in [-0.25, -0.2) is 0 Å². The van der Waals surface area contributed by atoms with E-state index in [1.807, 2.05) is 0 Å². The Bertz CT molecular complexity index is 323. The maximum absolute atomic E-state index is 7.97. The van der Waals surface area contributed by atoms with Gasteiger partial charge in [0.2, 0.25) is 0 Å². The summed E-state index contributed by atoms with van der Waals surface area (Å²) in [5, 5.41) is 0. The van der Waals surface area contributed by atoms with Crippen LogP contribution in [0.1, 0.15) is 156 Å². The molecule has 0 heterocycles. The van der Waals surface area contributed by atoms with Crippen molar-refractivity contribution in [3.8, 4) is 0 Å². The average molecular weight is 463 g/mol. The predicted octanol–water partition coefficient (Wildman–Crippen LogP) is 11.6. The van der Waals surface area contributed by atoms with Gasteiger partial charge < -0.3 is 0 Å². The van der Waals surface area contributed by atoms with E-state index in [2.05, 4.69) is 27.7 Å². The summed E-state index contributed by atoms with van der Waals surface area (Å²) < 4.78 is 0. The Kier molecular flexibility index (Phi) is 20.8. The third kappa shape index (κ3) is 16.4. The van der Waals surface area contributed by atoms with Crippen LogP contribution in [0.2, 0.25) is 0 Å². The molecule has 0 amide bonds. The SMILES string of the molecule is CCCCCCCCP(Cl)(CCCCCC)(CCCCCC)CCCCCCCC. The van der Waals surface area contributed by atoms with Gasteiger partial charge in [-0.05, 0) is 0 Å². The zero-order chi connectivity index (χ0) is 22.4. The van der Waals surface area contributed by atoms with Crippen molar-refractivity contribution in [1.29, 1.82) is 0 Å². The van der Waals surface area contributed by atoms with E-state index in [1.165, 1.54) is 153 Å². The summed E-state index contributed by atoms with van der Waals surface area (Å²) in [6, 6.07) is 0. The molecule has 0 aliphatic heterocycles. The number of hydrogen-bond donors (Lipinski definition) is 0. The minimum absolute atomic E-state index is 1.34. The molecule has 0 nitrogen and oxygen atoms in total. The van der Waals surface area contributed by atoms with E-state index in [0.29, 0.717) is 0 Å². The molecule has 30 heavy (non-hydrogen) atoms. The predicted molar refractivity (Wildman–Crippen MR) is 147 cm³/mol. The molecule has 0 unspecified atom stereocenters. The van der Waals surface area contributed by atoms with Crippen molar-refractivity contribution in [2.75, 3.05) is 24.6 Å². The second-order valence-corrected chi connectivity index (χ2v) is 18.7. The molecule has 0 aliphatic carbocycles. The van der Waals surface area contributed by atoms with Crippen molar-refractivity contribution < 1.29 is 0 Å². The van der Waals surface area contributed by atoms with E-state index in [4.69, 9.17) is 11.2 Å². The average Bonchev–Trinajstić information content (AvgIpc) is 2.74. The molecule has 0 aromatic carbocycles. The monoisotopic (exact) mass is 462 g/mol. The van der Waals surface area contributed by atoms with Crippen molar-refractivity contribution in [3.05, 3.63) is 0 Å². The van der Waals surface area contributed by atoms with Gasteiger partial charge in [-0.2, -0.15) is 0 Å². The maximum atomic E-state index is 7.97. The minimum atomic E-state index is -2.05. The molecule has 0 saturated heterocycles. The summed E-state index contributed by atoms with van der Waals surface area (Å²) in [6.07, 6.45) is 33.5. The summed E-state index contributed by atoms with van der Waals surface area (Å²) in [6.45, 7) is 9.30. The van der Waals surface area contributed by atoms with Crippen molar-refractivity contribution >= 4 is 17.2 Å². The summed E-state index contributed by atoms with van der Waals surface area (Å²) in [5.74, 6) is -2.05. The van der Waals surface area contributed by atoms with Crippen LogP contribution in [-0.4, -0.2) is 24.6 Å². The molecule has 0 spiro atoms. The molecule has 0 bridgehead atoms. The van der Waals surface area contributed by atoms with Crippen LogP contribution < -0.4 is 0 Å². The Labute approximate surface area is 197 Å². The Morgan fingerprint density at radius 2 is 0.533 bits per heavy atom. The molecule has 0 saturated carbocycles. The standard InChI is InChI=1S/C28H60ClP/c1-5-9-13-17-19-23-27-30(29,25-21-15-11-7-3,26-22-16-12-8-4)28-24-20-18-14-10-6-2/h5-28H2,1-4H3. The van der Waals surface area contributed by atoms with E-state index >= 15 is 0 Å². The zero-order valence-electron chi connectivity index (χ0n) is 21.8. The Balaban J connectivity index is 4.92. The van der Waals surface area contributed by atoms with E-state index in [1.54, 1.807) is 0 Å². The first-order valence-corrected chi connectivity index (χ1v) is 18.1. The van der Waals surface area contributed by atoms with Crippen molar-refractivity contribution in [2.45, 2.75) is 156 Å². The van der Waals surface area contributed by atoms with Gasteiger partial charge in [0.05, 0.1) is 0 Å². The van der Waals surface area contributed by atoms with Gasteiger partial charge in [0, 0.05) is 0 Å². The molecule has 0 fully saturated rings. The van der Waals surface area contributed by atoms with Crippen molar-refractivity contribution in [1.82, 2.24) is 0 Å². The fraction of sp³-hybridized carbons (Fsp3) is 1.00. The quantitative estimate of drug-likeness (QED) is 0.0987. The first-order chi connectivity index (χ1) is 14.5. The van der Waals surface area contributed by atoms with Crippen LogP contribution in [0, 0.1) is 0 Å². The normalized spacial score (nSPS) is 13.4. The molecule has 184 valence electrons. The van der Waals surface area contributed by atoms with E-state index in [0.717, 1.165) is 0 Å². The van der Waals surface area contributed by atoms with Crippen LogP contribution in [0.15, 0.2) is 0 Å². The van der Waals surface area contributed by atoms with Crippen molar-refractivity contribution in [2.24, 2.45) is 0 Å². The van der Waals surface area contributed by atoms with Crippen LogP contribution in [0.25, 0.3) is 0 Å². The van der Waals surface area contributed by atoms with Crippen LogP contribution in [0.3, 0.4) is 0 Å². The second-order valence-electron chi connectivity index (χ2n) is 10.4. The first kappa shape index (κ1) is 30.7. The van der Waals surface area contributed by atoms with E-state index in [-0.39, 0.29) is 0 Å². The topological polar surface area (TPSA) is 0 Å². The Morgan fingerprint density at radius 1 is 0.333 bits per heavy atom. The van der Waals surface area contributed by atoms with Gasteiger partial charge in [0.15, 0.2) is 0 Å². The van der Waals surface area contributed by atoms with Gasteiger partial charge in [-0.3, -0.25) is 0 Å². The second kappa shape index (κ2) is 20.3. The van der Waals surface area contributed by atoms with Gasteiger partial charge in [-0.1, -0.05) is 0 Å². The Morgan fingerprint density at radius 3 is 0.800 bits per heavy atom. The molecule has 0 atom stereocenters. The van der Waals surface area contributed by atoms with Crippen LogP contribution in [0.4, 0.5) is 0 Å². The van der Waals surface area contributed by atoms with Crippen LogP contribution in [-0.2, 0) is 0 Å². The zero-order valence-corrected chi connectivity index (χ0v) is 23.4. The number of halogens is 1. The molecule has 0 aromatic rings. The third-order valence-electron chi connectivity index (χ3n) is 7.28. The summed E-state index contributed by atoms with van der Waals surface area (Å²) in [4.78, 5) is 0. The number of unbranched alkanes of at least 4 members (excludes halogenated alkanes) is 16. The number of hydrogen-bond acceptors (Lipinski definition) is 0. The molecule has 0 rings (SSSR count). The van der Waals surface area contributed by atoms with Gasteiger partial charge >= 0.3 is 198 Å². The number of rotatable bonds is 24. The fourth-order valence-electron chi connectivity index (χ4n) is 5.11. The molecule has 0 aromatic heterocycles. The van der Waals surface area contributed by atoms with E-state index in [9.17, 15) is 0 Å². The molecule has 0 N–H and O–H groups in total. The molecule has 0 radical (unpaired) electrons. The van der Waals surface area contributed by atoms with Gasteiger partial charge in [0.25, 0.3) is 0 Å². The fourth-order valence-corrected chi connectivity index (χ4v) is 11.9. The van der Waals surface area contributed by atoms with Crippen molar-refractivity contribution in [3.63, 3.8) is 0 Å². The first-order valence-electron chi connectivity index (χ1n) is 14.3. The Hall–Kier alpha value is 0.720. The summed E-state index contributed by atoms with van der Waals surface area (Å²) in [5.41, 5.74) is 0. The van der Waals surface area contributed by atoms with Crippen LogP contribution >= 0.6 is 17.2 Å². The molecular weight excluding hydrogens is 403 g/mol. The van der Waals surface area contributed by atoms with Gasteiger partial charge in [-0.15, -0.1) is 0 Å². The summed E-state index contributed by atoms with van der Waals surface area (Å²) >= 11 is 7.97. The molecule has 0 aliphatic rings. The molecule has 2 heteroatoms. The van der Waals surface area contributed by atoms with Gasteiger partial charge in [0.1, 0.15) is 0 Å².